The molecular formula is C18H33NO5. The molecule has 0 saturated carbocycles. The van der Waals surface area contributed by atoms with E-state index in [0.717, 1.165) is 6.42 Å². The largest absolute Gasteiger partial charge is 0.462 e. The van der Waals surface area contributed by atoms with Gasteiger partial charge in [-0.25, -0.2) is 4.79 Å². The normalized spacial score (nSPS) is 11.5. The van der Waals surface area contributed by atoms with E-state index in [9.17, 15) is 14.4 Å². The molecule has 6 heteroatoms. The first kappa shape index (κ1) is 24.4. The number of esters is 2. The first-order chi connectivity index (χ1) is 11.0. The minimum Gasteiger partial charge on any atom is -0.462 e. The smallest absolute Gasteiger partial charge is 0.333 e. The van der Waals surface area contributed by atoms with Crippen molar-refractivity contribution in [1.82, 2.24) is 5.32 Å². The van der Waals surface area contributed by atoms with Crippen LogP contribution in [0.5, 0.6) is 0 Å². The molecule has 6 nitrogen and oxygen atoms in total. The van der Waals surface area contributed by atoms with Crippen LogP contribution in [-0.2, 0) is 23.9 Å². The summed E-state index contributed by atoms with van der Waals surface area (Å²) >= 11 is 0. The van der Waals surface area contributed by atoms with Gasteiger partial charge in [-0.3, -0.25) is 9.59 Å². The van der Waals surface area contributed by atoms with E-state index >= 15 is 0 Å². The second-order valence-corrected chi connectivity index (χ2v) is 6.21. The molecule has 0 radical (unpaired) electrons. The highest BCUT2D eigenvalue weighted by Crippen LogP contribution is 2.21. The quantitative estimate of drug-likeness (QED) is 0.416. The van der Waals surface area contributed by atoms with Gasteiger partial charge in [-0.1, -0.05) is 27.4 Å². The van der Waals surface area contributed by atoms with Crippen molar-refractivity contribution < 1.29 is 23.9 Å². The highest BCUT2D eigenvalue weighted by Gasteiger charge is 2.26. The predicted molar refractivity (Wildman–Crippen MR) is 94.3 cm³/mol. The zero-order valence-electron chi connectivity index (χ0n) is 16.2. The van der Waals surface area contributed by atoms with Crippen LogP contribution < -0.4 is 5.32 Å². The van der Waals surface area contributed by atoms with E-state index < -0.39 is 11.4 Å². The summed E-state index contributed by atoms with van der Waals surface area (Å²) in [5, 5.41) is 2.58. The van der Waals surface area contributed by atoms with Crippen molar-refractivity contribution in [2.45, 2.75) is 54.4 Å². The van der Waals surface area contributed by atoms with E-state index in [2.05, 4.69) is 11.9 Å². The molecule has 0 aliphatic rings. The molecular weight excluding hydrogens is 310 g/mol. The van der Waals surface area contributed by atoms with E-state index in [-0.39, 0.29) is 31.0 Å². The Bertz CT molecular complexity index is 429. The molecule has 0 fully saturated rings. The Labute approximate surface area is 146 Å². The Morgan fingerprint density at radius 3 is 1.96 bits per heavy atom. The molecule has 1 N–H and O–H groups in total. The Kier molecular flexibility index (Phi) is 12.8. The number of carbonyl (C=O) groups excluding carboxylic acids is 3. The van der Waals surface area contributed by atoms with E-state index in [0.29, 0.717) is 12.0 Å². The molecule has 1 amide bonds. The van der Waals surface area contributed by atoms with Gasteiger partial charge in [0.2, 0.25) is 5.91 Å². The van der Waals surface area contributed by atoms with Crippen molar-refractivity contribution in [2.24, 2.45) is 11.3 Å². The van der Waals surface area contributed by atoms with Gasteiger partial charge < -0.3 is 14.8 Å². The van der Waals surface area contributed by atoms with Crippen molar-refractivity contribution in [1.29, 1.82) is 0 Å². The van der Waals surface area contributed by atoms with E-state index in [4.69, 9.17) is 9.47 Å². The lowest BCUT2D eigenvalue weighted by atomic mass is 9.91. The Morgan fingerprint density at radius 2 is 1.62 bits per heavy atom. The van der Waals surface area contributed by atoms with Gasteiger partial charge >= 0.3 is 11.9 Å². The van der Waals surface area contributed by atoms with Crippen LogP contribution in [0.1, 0.15) is 54.4 Å². The van der Waals surface area contributed by atoms with Crippen molar-refractivity contribution in [3.8, 4) is 0 Å². The molecule has 0 spiro atoms. The maximum atomic E-state index is 11.5. The molecule has 1 unspecified atom stereocenters. The van der Waals surface area contributed by atoms with Gasteiger partial charge in [0.1, 0.15) is 13.2 Å². The number of amides is 1. The van der Waals surface area contributed by atoms with Crippen molar-refractivity contribution in [2.75, 3.05) is 20.3 Å². The number of carbonyl (C=O) groups is 3. The zero-order valence-corrected chi connectivity index (χ0v) is 16.2. The third-order valence-electron chi connectivity index (χ3n) is 3.64. The minimum atomic E-state index is -0.488. The average molecular weight is 343 g/mol. The van der Waals surface area contributed by atoms with E-state index in [1.165, 1.54) is 0 Å². The number of ether oxygens (including phenoxy) is 2. The summed E-state index contributed by atoms with van der Waals surface area (Å²) in [5.41, 5.74) is -0.154. The van der Waals surface area contributed by atoms with Gasteiger partial charge in [0.05, 0.1) is 5.41 Å². The summed E-state index contributed by atoms with van der Waals surface area (Å²) in [7, 11) is 1.66. The van der Waals surface area contributed by atoms with Crippen molar-refractivity contribution >= 4 is 17.8 Å². The maximum Gasteiger partial charge on any atom is 0.333 e. The summed E-state index contributed by atoms with van der Waals surface area (Å²) in [4.78, 5) is 33.1. The number of hydrogen-bond donors (Lipinski definition) is 1. The summed E-state index contributed by atoms with van der Waals surface area (Å²) < 4.78 is 9.77. The standard InChI is InChI=1S/C12H20O4.C6H13NO/c1-6-12(4,5)11(14)16-8-7-15-10(13)9(2)3;1-4-5(2)6(8)7-3/h2,6-8H2,1,3-5H3;5H,4H2,1-3H3,(H,7,8). The summed E-state index contributed by atoms with van der Waals surface area (Å²) in [6.07, 6.45) is 1.62. The second kappa shape index (κ2) is 12.6. The first-order valence-electron chi connectivity index (χ1n) is 8.24. The van der Waals surface area contributed by atoms with Crippen LogP contribution >= 0.6 is 0 Å². The van der Waals surface area contributed by atoms with E-state index in [1.807, 2.05) is 34.6 Å². The number of rotatable bonds is 8. The van der Waals surface area contributed by atoms with Gasteiger partial charge in [0.15, 0.2) is 0 Å². The summed E-state index contributed by atoms with van der Waals surface area (Å²) in [5.74, 6) is -0.445. The minimum absolute atomic E-state index is 0.0667. The molecule has 0 aromatic heterocycles. The SMILES string of the molecule is C=C(C)C(=O)OCCOC(=O)C(C)(C)CC.CCC(C)C(=O)NC. The Hall–Kier alpha value is -1.85. The van der Waals surface area contributed by atoms with Gasteiger partial charge in [-0.15, -0.1) is 0 Å². The fraction of sp³-hybridized carbons (Fsp3) is 0.722. The Morgan fingerprint density at radius 1 is 1.12 bits per heavy atom. The van der Waals surface area contributed by atoms with Gasteiger partial charge in [0, 0.05) is 18.5 Å². The van der Waals surface area contributed by atoms with Crippen LogP contribution in [0.25, 0.3) is 0 Å². The maximum absolute atomic E-state index is 11.5. The first-order valence-corrected chi connectivity index (χ1v) is 8.24. The molecule has 0 rings (SSSR count). The molecule has 24 heavy (non-hydrogen) atoms. The van der Waals surface area contributed by atoms with Crippen molar-refractivity contribution in [3.63, 3.8) is 0 Å². The van der Waals surface area contributed by atoms with Crippen molar-refractivity contribution in [3.05, 3.63) is 12.2 Å². The third kappa shape index (κ3) is 10.8. The molecule has 140 valence electrons. The van der Waals surface area contributed by atoms with Gasteiger partial charge in [-0.2, -0.15) is 0 Å². The number of hydrogen-bond acceptors (Lipinski definition) is 5. The molecule has 0 aliphatic heterocycles. The molecule has 0 aromatic rings. The van der Waals surface area contributed by atoms with Crippen LogP contribution in [0, 0.1) is 11.3 Å². The fourth-order valence-corrected chi connectivity index (χ4v) is 1.16. The lowest BCUT2D eigenvalue weighted by molar-refractivity contribution is -0.158. The highest BCUT2D eigenvalue weighted by molar-refractivity contribution is 5.86. The molecule has 1 atom stereocenters. The van der Waals surface area contributed by atoms with Crippen LogP contribution in [0.15, 0.2) is 12.2 Å². The molecule has 0 heterocycles. The van der Waals surface area contributed by atoms with Gasteiger partial charge in [-0.05, 0) is 33.6 Å². The number of nitrogens with one attached hydrogen (secondary N) is 1. The van der Waals surface area contributed by atoms with Crippen LogP contribution in [-0.4, -0.2) is 38.1 Å². The fourth-order valence-electron chi connectivity index (χ4n) is 1.16. The van der Waals surface area contributed by atoms with Crippen LogP contribution in [0.4, 0.5) is 0 Å². The van der Waals surface area contributed by atoms with Crippen LogP contribution in [0.3, 0.4) is 0 Å². The lowest BCUT2D eigenvalue weighted by Gasteiger charge is -2.20. The van der Waals surface area contributed by atoms with Crippen LogP contribution in [0.2, 0.25) is 0 Å². The zero-order chi connectivity index (χ0) is 19.3. The topological polar surface area (TPSA) is 81.7 Å². The lowest BCUT2D eigenvalue weighted by Crippen LogP contribution is -2.27. The average Bonchev–Trinajstić information content (AvgIpc) is 2.56. The predicted octanol–water partition coefficient (Wildman–Crippen LogP) is 2.86. The summed E-state index contributed by atoms with van der Waals surface area (Å²) in [6.45, 7) is 14.6. The van der Waals surface area contributed by atoms with Gasteiger partial charge in [0.25, 0.3) is 0 Å². The molecule has 0 aliphatic carbocycles. The van der Waals surface area contributed by atoms with E-state index in [1.54, 1.807) is 14.0 Å². The molecule has 0 bridgehead atoms. The monoisotopic (exact) mass is 343 g/mol. The molecule has 0 saturated heterocycles. The third-order valence-corrected chi connectivity index (χ3v) is 3.64. The molecule has 0 aromatic carbocycles. The Balaban J connectivity index is 0. The summed E-state index contributed by atoms with van der Waals surface area (Å²) in [6, 6.07) is 0. The highest BCUT2D eigenvalue weighted by atomic mass is 16.6. The second-order valence-electron chi connectivity index (χ2n) is 6.21.